The zero-order valence-corrected chi connectivity index (χ0v) is 19.8. The van der Waals surface area contributed by atoms with Crippen molar-refractivity contribution < 1.29 is 24.2 Å². The number of aliphatic hydroxyl groups is 1. The van der Waals surface area contributed by atoms with Crippen molar-refractivity contribution in [3.05, 3.63) is 52.3 Å². The van der Waals surface area contributed by atoms with E-state index in [0.717, 1.165) is 42.8 Å². The molecule has 2 aromatic rings. The second kappa shape index (κ2) is 10.5. The summed E-state index contributed by atoms with van der Waals surface area (Å²) in [7, 11) is 1.23. The number of carbonyl (C=O) groups excluding carboxylic acids is 2. The van der Waals surface area contributed by atoms with Gasteiger partial charge < -0.3 is 19.1 Å². The number of aromatic nitrogens is 1. The van der Waals surface area contributed by atoms with Crippen molar-refractivity contribution in [2.45, 2.75) is 76.9 Å². The molecule has 0 unspecified atom stereocenters. The number of nitrogens with zero attached hydrogens (tertiary/aromatic N) is 1. The minimum atomic E-state index is -1.75. The lowest BCUT2D eigenvalue weighted by Crippen LogP contribution is -2.37. The number of cyclic esters (lactones) is 1. The fraction of sp³-hybridized carbons (Fsp3) is 0.520. The Morgan fingerprint density at radius 3 is 2.59 bits per heavy atom. The van der Waals surface area contributed by atoms with E-state index in [9.17, 15) is 14.7 Å². The van der Waals surface area contributed by atoms with Gasteiger partial charge in [0.1, 0.15) is 6.10 Å². The van der Waals surface area contributed by atoms with E-state index in [1.54, 1.807) is 0 Å². The summed E-state index contributed by atoms with van der Waals surface area (Å²) in [6, 6.07) is 6.05. The number of halogens is 1. The molecule has 2 heterocycles. The minimum absolute atomic E-state index is 0.144. The number of carbonyl (C=O) groups is 2. The van der Waals surface area contributed by atoms with Gasteiger partial charge in [-0.3, -0.25) is 4.79 Å². The van der Waals surface area contributed by atoms with Gasteiger partial charge in [-0.05, 0) is 68.4 Å². The van der Waals surface area contributed by atoms with Crippen molar-refractivity contribution >= 4 is 23.5 Å². The number of ether oxygens (including phenoxy) is 2. The smallest absolute Gasteiger partial charge is 0.339 e. The maximum atomic E-state index is 12.0. The summed E-state index contributed by atoms with van der Waals surface area (Å²) in [6.07, 6.45) is 9.36. The van der Waals surface area contributed by atoms with Crippen molar-refractivity contribution in [2.24, 2.45) is 0 Å². The van der Waals surface area contributed by atoms with Crippen LogP contribution in [-0.2, 0) is 25.5 Å². The largest absolute Gasteiger partial charge is 0.469 e. The van der Waals surface area contributed by atoms with E-state index in [1.807, 2.05) is 12.1 Å². The summed E-state index contributed by atoms with van der Waals surface area (Å²) in [5, 5.41) is 11.1. The number of hydrogen-bond donors (Lipinski definition) is 1. The molecule has 0 saturated carbocycles. The zero-order chi connectivity index (χ0) is 23.3. The number of esters is 2. The van der Waals surface area contributed by atoms with E-state index in [-0.39, 0.29) is 18.9 Å². The van der Waals surface area contributed by atoms with Gasteiger partial charge in [0, 0.05) is 29.5 Å². The van der Waals surface area contributed by atoms with Crippen LogP contribution in [0.5, 0.6) is 0 Å². The first-order valence-electron chi connectivity index (χ1n) is 11.2. The van der Waals surface area contributed by atoms with Crippen LogP contribution in [0.4, 0.5) is 0 Å². The Morgan fingerprint density at radius 1 is 1.22 bits per heavy atom. The van der Waals surface area contributed by atoms with Gasteiger partial charge in [-0.1, -0.05) is 30.5 Å². The molecule has 1 fully saturated rings. The molecule has 1 aliphatic rings. The van der Waals surface area contributed by atoms with Crippen LogP contribution in [-0.4, -0.2) is 40.4 Å². The number of hydrogen-bond acceptors (Lipinski definition) is 5. The fourth-order valence-corrected chi connectivity index (χ4v) is 4.37. The van der Waals surface area contributed by atoms with Gasteiger partial charge in [0.2, 0.25) is 0 Å². The first-order chi connectivity index (χ1) is 15.2. The highest BCUT2D eigenvalue weighted by Gasteiger charge is 2.49. The van der Waals surface area contributed by atoms with Gasteiger partial charge in [0.05, 0.1) is 13.5 Å². The highest BCUT2D eigenvalue weighted by molar-refractivity contribution is 6.30. The Morgan fingerprint density at radius 2 is 1.91 bits per heavy atom. The van der Waals surface area contributed by atoms with Gasteiger partial charge >= 0.3 is 11.9 Å². The molecule has 6 nitrogen and oxygen atoms in total. The van der Waals surface area contributed by atoms with Crippen LogP contribution < -0.4 is 0 Å². The lowest BCUT2D eigenvalue weighted by atomic mass is 9.93. The molecule has 1 aromatic carbocycles. The van der Waals surface area contributed by atoms with Gasteiger partial charge in [-0.2, -0.15) is 0 Å². The van der Waals surface area contributed by atoms with E-state index in [2.05, 4.69) is 41.6 Å². The molecule has 0 spiro atoms. The number of aryl methyl sites for hydroxylation is 3. The molecule has 0 aliphatic carbocycles. The van der Waals surface area contributed by atoms with Crippen molar-refractivity contribution in [2.75, 3.05) is 7.11 Å². The first kappa shape index (κ1) is 24.3. The molecule has 0 amide bonds. The van der Waals surface area contributed by atoms with Gasteiger partial charge in [0.15, 0.2) is 5.60 Å². The number of rotatable bonds is 10. The lowest BCUT2D eigenvalue weighted by Gasteiger charge is -2.15. The normalized spacial score (nSPS) is 20.4. The summed E-state index contributed by atoms with van der Waals surface area (Å²) < 4.78 is 12.0. The monoisotopic (exact) mass is 461 g/mol. The summed E-state index contributed by atoms with van der Waals surface area (Å²) in [4.78, 5) is 23.4. The summed E-state index contributed by atoms with van der Waals surface area (Å²) in [5.74, 6) is -1.34. The predicted octanol–water partition coefficient (Wildman–Crippen LogP) is 4.85. The number of unbranched alkanes of at least 4 members (excludes halogenated alkanes) is 3. The summed E-state index contributed by atoms with van der Waals surface area (Å²) >= 11 is 6.25. The molecule has 7 heteroatoms. The van der Waals surface area contributed by atoms with Crippen molar-refractivity contribution in [3.8, 4) is 5.69 Å². The predicted molar refractivity (Wildman–Crippen MR) is 123 cm³/mol. The van der Waals surface area contributed by atoms with E-state index in [4.69, 9.17) is 16.3 Å². The highest BCUT2D eigenvalue weighted by atomic mass is 35.5. The molecule has 3 rings (SSSR count). The quantitative estimate of drug-likeness (QED) is 0.404. The Bertz CT molecular complexity index is 950. The number of methoxy groups -OCH3 is 1. The van der Waals surface area contributed by atoms with E-state index >= 15 is 0 Å². The first-order valence-corrected chi connectivity index (χ1v) is 11.5. The molecule has 0 radical (unpaired) electrons. The molecular formula is C25H32ClNO5. The minimum Gasteiger partial charge on any atom is -0.469 e. The lowest BCUT2D eigenvalue weighted by molar-refractivity contribution is -0.161. The maximum absolute atomic E-state index is 12.0. The zero-order valence-electron chi connectivity index (χ0n) is 19.0. The second-order valence-corrected chi connectivity index (χ2v) is 9.21. The van der Waals surface area contributed by atoms with Crippen LogP contribution in [0, 0.1) is 13.8 Å². The van der Waals surface area contributed by atoms with Crippen LogP contribution in [0.2, 0.25) is 5.02 Å². The molecular weight excluding hydrogens is 430 g/mol. The van der Waals surface area contributed by atoms with Crippen molar-refractivity contribution in [1.29, 1.82) is 0 Å². The molecule has 2 atom stereocenters. The average molecular weight is 462 g/mol. The molecule has 1 N–H and O–H groups in total. The maximum Gasteiger partial charge on any atom is 0.339 e. The molecule has 1 aliphatic heterocycles. The summed E-state index contributed by atoms with van der Waals surface area (Å²) in [6.45, 7) is 4.21. The third kappa shape index (κ3) is 5.93. The van der Waals surface area contributed by atoms with Crippen molar-refractivity contribution in [3.63, 3.8) is 0 Å². The molecule has 1 saturated heterocycles. The van der Waals surface area contributed by atoms with E-state index in [0.29, 0.717) is 6.42 Å². The molecule has 0 bridgehead atoms. The Balaban J connectivity index is 1.44. The molecule has 32 heavy (non-hydrogen) atoms. The van der Waals surface area contributed by atoms with Crippen molar-refractivity contribution in [1.82, 2.24) is 4.57 Å². The average Bonchev–Trinajstić information content (AvgIpc) is 3.23. The highest BCUT2D eigenvalue weighted by Crippen LogP contribution is 2.32. The fourth-order valence-electron chi connectivity index (χ4n) is 4.21. The van der Waals surface area contributed by atoms with Gasteiger partial charge in [-0.25, -0.2) is 4.79 Å². The molecule has 174 valence electrons. The van der Waals surface area contributed by atoms with E-state index in [1.165, 1.54) is 23.8 Å². The third-order valence-corrected chi connectivity index (χ3v) is 6.45. The van der Waals surface area contributed by atoms with Crippen LogP contribution in [0.25, 0.3) is 5.69 Å². The summed E-state index contributed by atoms with van der Waals surface area (Å²) in [5.41, 5.74) is 3.14. The second-order valence-electron chi connectivity index (χ2n) is 8.77. The Hall–Kier alpha value is -2.31. The van der Waals surface area contributed by atoms with Crippen LogP contribution in [0.15, 0.2) is 30.6 Å². The Labute approximate surface area is 194 Å². The van der Waals surface area contributed by atoms with Gasteiger partial charge in [-0.15, -0.1) is 0 Å². The van der Waals surface area contributed by atoms with Crippen LogP contribution in [0.3, 0.4) is 0 Å². The topological polar surface area (TPSA) is 77.8 Å². The standard InChI is InChI=1S/C25H32ClNO5/c1-17-15-27(16-18(17)2)22-12-20(26)11-10-19(22)8-6-4-5-7-9-21-13-25(30,24(29)32-21)14-23(28)31-3/h10-12,15-16,21,30H,4-9,13-14H2,1-3H3/t21-,25+/m1/s1. The van der Waals surface area contributed by atoms with Crippen LogP contribution in [0.1, 0.15) is 61.6 Å². The third-order valence-electron chi connectivity index (χ3n) is 6.22. The van der Waals surface area contributed by atoms with E-state index < -0.39 is 17.5 Å². The van der Waals surface area contributed by atoms with Gasteiger partial charge in [0.25, 0.3) is 0 Å². The number of benzene rings is 1. The SMILES string of the molecule is COC(=O)C[C@@]1(O)C[C@@H](CCCCCCc2ccc(Cl)cc2-n2cc(C)c(C)c2)OC1=O. The molecule has 1 aromatic heterocycles. The van der Waals surface area contributed by atoms with Crippen LogP contribution >= 0.6 is 11.6 Å². The Kier molecular flexibility index (Phi) is 8.01.